The van der Waals surface area contributed by atoms with E-state index in [1.165, 1.54) is 65.5 Å². The quantitative estimate of drug-likeness (QED) is 0.0347. The lowest BCUT2D eigenvalue weighted by molar-refractivity contribution is 0.0364. The Morgan fingerprint density at radius 1 is 1.00 bits per heavy atom. The molecule has 47 heavy (non-hydrogen) atoms. The van der Waals surface area contributed by atoms with Crippen LogP contribution in [0.3, 0.4) is 0 Å². The van der Waals surface area contributed by atoms with Gasteiger partial charge in [-0.25, -0.2) is 26.9 Å². The number of oxime groups is 1. The molecule has 0 bridgehead atoms. The molecule has 4 rings (SSSR count). The maximum absolute atomic E-state index is 14.2. The van der Waals surface area contributed by atoms with Gasteiger partial charge in [0.05, 0.1) is 37.6 Å². The van der Waals surface area contributed by atoms with E-state index in [-0.39, 0.29) is 35.7 Å². The average Bonchev–Trinajstić information content (AvgIpc) is 3.06. The van der Waals surface area contributed by atoms with E-state index in [0.29, 0.717) is 17.7 Å². The van der Waals surface area contributed by atoms with Crippen LogP contribution in [-0.2, 0) is 17.9 Å². The number of nitrogens with zero attached hydrogens (tertiary/aromatic N) is 3. The minimum absolute atomic E-state index is 0.0251. The van der Waals surface area contributed by atoms with Crippen LogP contribution in [-0.4, -0.2) is 40.3 Å². The van der Waals surface area contributed by atoms with E-state index in [9.17, 15) is 26.7 Å². The zero-order valence-corrected chi connectivity index (χ0v) is 25.8. The summed E-state index contributed by atoms with van der Waals surface area (Å²) in [6, 6.07) is 19.3. The average molecular weight is 672 g/mol. The van der Waals surface area contributed by atoms with E-state index in [0.717, 1.165) is 23.8 Å². The van der Waals surface area contributed by atoms with Gasteiger partial charge in [-0.15, -0.1) is 11.8 Å². The predicted octanol–water partition coefficient (Wildman–Crippen LogP) is 7.87. The van der Waals surface area contributed by atoms with Gasteiger partial charge in [0.15, 0.2) is 11.6 Å². The summed E-state index contributed by atoms with van der Waals surface area (Å²) in [4.78, 5) is 16.9. The SMILES string of the molecule is COc1ccc(Cn2cc(/C(=C/C(=N\O)C(F)F)N=CSCCC(OCc3ccc(F)cc3F)c3ccccc3)ccc2=O)cc1F. The summed E-state index contributed by atoms with van der Waals surface area (Å²) in [5, 5.41) is 11.8. The van der Waals surface area contributed by atoms with Gasteiger partial charge < -0.3 is 19.2 Å². The molecule has 1 unspecified atom stereocenters. The fourth-order valence-electron chi connectivity index (χ4n) is 4.45. The number of thioether (sulfide) groups is 1. The van der Waals surface area contributed by atoms with Gasteiger partial charge in [0, 0.05) is 35.2 Å². The van der Waals surface area contributed by atoms with Crippen LogP contribution in [0.1, 0.15) is 34.8 Å². The summed E-state index contributed by atoms with van der Waals surface area (Å²) in [7, 11) is 1.33. The van der Waals surface area contributed by atoms with Gasteiger partial charge in [-0.05, 0) is 47.9 Å². The fourth-order valence-corrected chi connectivity index (χ4v) is 5.09. The summed E-state index contributed by atoms with van der Waals surface area (Å²) in [6.07, 6.45) is -0.832. The molecule has 0 fully saturated rings. The number of pyridine rings is 1. The lowest BCUT2D eigenvalue weighted by Crippen LogP contribution is -2.19. The standard InChI is InChI=1S/C34H30F5N3O4S/c1-45-32-11-7-22(15-28(32)37)18-42-19-24(9-12-33(42)43)29(17-30(41-44)34(38)39)40-21-47-14-13-31(23-5-3-2-4-6-23)46-20-25-8-10-26(35)16-27(25)36/h2-12,15-17,19,21,31,34,44H,13-14,18,20H2,1H3/b29-17-,40-21?,41-30+. The number of methoxy groups -OCH3 is 1. The molecule has 0 saturated heterocycles. The van der Waals surface area contributed by atoms with Crippen molar-refractivity contribution in [2.24, 2.45) is 10.1 Å². The number of ether oxygens (including phenoxy) is 2. The van der Waals surface area contributed by atoms with Crippen LogP contribution in [0.4, 0.5) is 22.0 Å². The number of hydrogen-bond acceptors (Lipinski definition) is 7. The van der Waals surface area contributed by atoms with Crippen molar-refractivity contribution in [2.45, 2.75) is 32.1 Å². The van der Waals surface area contributed by atoms with Gasteiger partial charge in [-0.3, -0.25) is 4.79 Å². The number of alkyl halides is 2. The topological polar surface area (TPSA) is 85.4 Å². The van der Waals surface area contributed by atoms with E-state index in [1.807, 2.05) is 30.3 Å². The van der Waals surface area contributed by atoms with Crippen molar-refractivity contribution in [3.8, 4) is 5.75 Å². The molecule has 0 aliphatic heterocycles. The van der Waals surface area contributed by atoms with E-state index in [2.05, 4.69) is 10.1 Å². The second-order valence-electron chi connectivity index (χ2n) is 10.0. The number of benzene rings is 3. The first kappa shape index (κ1) is 35.1. The largest absolute Gasteiger partial charge is 0.494 e. The Bertz CT molecular complexity index is 1800. The molecule has 0 radical (unpaired) electrons. The maximum atomic E-state index is 14.2. The third-order valence-corrected chi connectivity index (χ3v) is 7.59. The van der Waals surface area contributed by atoms with Crippen molar-refractivity contribution in [3.63, 3.8) is 0 Å². The summed E-state index contributed by atoms with van der Waals surface area (Å²) in [5.41, 5.74) is 1.77. The highest BCUT2D eigenvalue weighted by Gasteiger charge is 2.16. The smallest absolute Gasteiger partial charge is 0.283 e. The van der Waals surface area contributed by atoms with Gasteiger partial charge in [0.25, 0.3) is 12.0 Å². The molecular formula is C34H30F5N3O4S. The molecule has 0 saturated carbocycles. The van der Waals surface area contributed by atoms with Crippen molar-refractivity contribution < 1.29 is 36.6 Å². The van der Waals surface area contributed by atoms with Crippen molar-refractivity contribution in [1.29, 1.82) is 0 Å². The van der Waals surface area contributed by atoms with Gasteiger partial charge in [-0.2, -0.15) is 0 Å². The van der Waals surface area contributed by atoms with Crippen molar-refractivity contribution in [3.05, 3.63) is 141 Å². The Morgan fingerprint density at radius 3 is 2.47 bits per heavy atom. The Balaban J connectivity index is 1.50. The second-order valence-corrected chi connectivity index (χ2v) is 11.0. The highest BCUT2D eigenvalue weighted by atomic mass is 32.2. The van der Waals surface area contributed by atoms with Crippen molar-refractivity contribution in [2.75, 3.05) is 12.9 Å². The number of aromatic nitrogens is 1. The molecule has 4 aromatic rings. The van der Waals surface area contributed by atoms with Crippen LogP contribution >= 0.6 is 11.8 Å². The zero-order valence-electron chi connectivity index (χ0n) is 25.0. The van der Waals surface area contributed by atoms with Gasteiger partial charge in [0.1, 0.15) is 17.3 Å². The molecule has 1 heterocycles. The molecule has 1 N–H and O–H groups in total. The summed E-state index contributed by atoms with van der Waals surface area (Å²) in [6.45, 7) is -0.120. The molecule has 0 aliphatic carbocycles. The van der Waals surface area contributed by atoms with E-state index >= 15 is 0 Å². The van der Waals surface area contributed by atoms with Crippen LogP contribution < -0.4 is 10.3 Å². The third kappa shape index (κ3) is 10.1. The van der Waals surface area contributed by atoms with Gasteiger partial charge in [-0.1, -0.05) is 47.6 Å². The zero-order chi connectivity index (χ0) is 33.8. The third-order valence-electron chi connectivity index (χ3n) is 6.86. The molecule has 1 atom stereocenters. The molecule has 0 aliphatic rings. The number of allylic oxidation sites excluding steroid dienone is 1. The van der Waals surface area contributed by atoms with Crippen molar-refractivity contribution in [1.82, 2.24) is 4.57 Å². The van der Waals surface area contributed by atoms with Crippen molar-refractivity contribution >= 4 is 28.7 Å². The van der Waals surface area contributed by atoms with Crippen LogP contribution in [0, 0.1) is 17.5 Å². The van der Waals surface area contributed by atoms with Crippen LogP contribution in [0.5, 0.6) is 5.75 Å². The summed E-state index contributed by atoms with van der Waals surface area (Å²) >= 11 is 1.24. The fraction of sp³-hybridized carbons (Fsp3) is 0.206. The van der Waals surface area contributed by atoms with Crippen LogP contribution in [0.2, 0.25) is 0 Å². The molecule has 0 spiro atoms. The Morgan fingerprint density at radius 2 is 1.79 bits per heavy atom. The van der Waals surface area contributed by atoms with E-state index < -0.39 is 41.3 Å². The Labute approximate surface area is 271 Å². The summed E-state index contributed by atoms with van der Waals surface area (Å²) in [5.74, 6) is -1.53. The molecular weight excluding hydrogens is 641 g/mol. The van der Waals surface area contributed by atoms with E-state index in [1.54, 1.807) is 6.07 Å². The lowest BCUT2D eigenvalue weighted by atomic mass is 10.1. The molecule has 0 amide bonds. The van der Waals surface area contributed by atoms with Crippen LogP contribution in [0.15, 0.2) is 106 Å². The molecule has 246 valence electrons. The normalized spacial score (nSPS) is 13.0. The summed E-state index contributed by atoms with van der Waals surface area (Å²) < 4.78 is 80.9. The lowest BCUT2D eigenvalue weighted by Gasteiger charge is -2.18. The molecule has 1 aromatic heterocycles. The van der Waals surface area contributed by atoms with Gasteiger partial charge >= 0.3 is 0 Å². The number of hydrogen-bond donors (Lipinski definition) is 1. The molecule has 7 nitrogen and oxygen atoms in total. The number of rotatable bonds is 15. The second kappa shape index (κ2) is 17.2. The highest BCUT2D eigenvalue weighted by Crippen LogP contribution is 2.26. The number of halogens is 5. The monoisotopic (exact) mass is 671 g/mol. The van der Waals surface area contributed by atoms with Crippen LogP contribution in [0.25, 0.3) is 5.70 Å². The predicted molar refractivity (Wildman–Crippen MR) is 172 cm³/mol. The Kier molecular flexibility index (Phi) is 12.9. The minimum Gasteiger partial charge on any atom is -0.494 e. The van der Waals surface area contributed by atoms with E-state index in [4.69, 9.17) is 14.7 Å². The molecule has 13 heteroatoms. The number of aliphatic imine (C=N–C) groups is 1. The Hall–Kier alpha value is -4.75. The minimum atomic E-state index is -3.11. The highest BCUT2D eigenvalue weighted by molar-refractivity contribution is 8.12. The molecule has 3 aromatic carbocycles. The first-order valence-electron chi connectivity index (χ1n) is 14.2. The van der Waals surface area contributed by atoms with Gasteiger partial charge in [0.2, 0.25) is 0 Å². The maximum Gasteiger partial charge on any atom is 0.283 e. The first-order chi connectivity index (χ1) is 22.7. The first-order valence-corrected chi connectivity index (χ1v) is 15.2.